The molecule has 162 valence electrons. The van der Waals surface area contributed by atoms with Gasteiger partial charge in [0.25, 0.3) is 11.7 Å². The van der Waals surface area contributed by atoms with Gasteiger partial charge in [-0.15, -0.1) is 0 Å². The number of aliphatic hydroxyl groups is 1. The van der Waals surface area contributed by atoms with Crippen molar-refractivity contribution in [3.8, 4) is 0 Å². The van der Waals surface area contributed by atoms with Crippen LogP contribution in [0.3, 0.4) is 0 Å². The average Bonchev–Trinajstić information content (AvgIpc) is 3.09. The lowest BCUT2D eigenvalue weighted by Crippen LogP contribution is -2.29. The van der Waals surface area contributed by atoms with E-state index in [0.717, 1.165) is 27.8 Å². The van der Waals surface area contributed by atoms with Crippen molar-refractivity contribution < 1.29 is 23.5 Å². The summed E-state index contributed by atoms with van der Waals surface area (Å²) < 4.78 is 28.4. The van der Waals surface area contributed by atoms with Crippen molar-refractivity contribution in [2.24, 2.45) is 0 Å². The van der Waals surface area contributed by atoms with Gasteiger partial charge >= 0.3 is 0 Å². The molecule has 0 aromatic heterocycles. The molecule has 1 N–H and O–H groups in total. The van der Waals surface area contributed by atoms with E-state index in [0.29, 0.717) is 5.56 Å². The number of Topliss-reactive ketones (excluding diaryl/α,β-unsaturated/α-hetero) is 1. The molecule has 4 aromatic rings. The number of carbonyl (C=O) groups excluding carboxylic acids is 2. The largest absolute Gasteiger partial charge is 0.507 e. The van der Waals surface area contributed by atoms with Gasteiger partial charge in [-0.25, -0.2) is 8.78 Å². The molecule has 1 heterocycles. The number of hydrogen-bond donors (Lipinski definition) is 1. The van der Waals surface area contributed by atoms with Gasteiger partial charge < -0.3 is 5.11 Å². The Bertz CT molecular complexity index is 1440. The van der Waals surface area contributed by atoms with Crippen molar-refractivity contribution in [1.29, 1.82) is 0 Å². The molecule has 5 rings (SSSR count). The first kappa shape index (κ1) is 20.6. The number of fused-ring (bicyclic) bond motifs is 1. The van der Waals surface area contributed by atoms with Crippen LogP contribution in [0, 0.1) is 11.6 Å². The third kappa shape index (κ3) is 3.46. The molecule has 0 saturated carbocycles. The standard InChI is InChI=1S/C27H17F2NO3/c28-19-11-13-20(14-12-19)30-24(21-7-3-4-8-22(21)29)23(26(32)27(30)33)25(31)18-10-9-16-5-1-2-6-17(16)15-18/h1-15,24,31H/b25-23+. The highest BCUT2D eigenvalue weighted by atomic mass is 19.1. The minimum absolute atomic E-state index is 0.0448. The van der Waals surface area contributed by atoms with Crippen molar-refractivity contribution in [1.82, 2.24) is 0 Å². The summed E-state index contributed by atoms with van der Waals surface area (Å²) in [5.74, 6) is -3.44. The molecule has 0 radical (unpaired) electrons. The Morgan fingerprint density at radius 1 is 0.788 bits per heavy atom. The van der Waals surface area contributed by atoms with Gasteiger partial charge in [0, 0.05) is 16.8 Å². The summed E-state index contributed by atoms with van der Waals surface area (Å²) in [4.78, 5) is 27.3. The molecule has 4 nitrogen and oxygen atoms in total. The average molecular weight is 441 g/mol. The van der Waals surface area contributed by atoms with Crippen LogP contribution in [0.4, 0.5) is 14.5 Å². The van der Waals surface area contributed by atoms with Gasteiger partial charge in [0.15, 0.2) is 0 Å². The zero-order valence-corrected chi connectivity index (χ0v) is 17.2. The number of anilines is 1. The number of nitrogens with zero attached hydrogens (tertiary/aromatic N) is 1. The van der Waals surface area contributed by atoms with E-state index < -0.39 is 35.1 Å². The van der Waals surface area contributed by atoms with Crippen LogP contribution in [0.1, 0.15) is 17.2 Å². The topological polar surface area (TPSA) is 57.6 Å². The highest BCUT2D eigenvalue weighted by molar-refractivity contribution is 6.51. The zero-order chi connectivity index (χ0) is 23.1. The number of rotatable bonds is 3. The maximum absolute atomic E-state index is 14.9. The first-order chi connectivity index (χ1) is 16.0. The molecule has 0 spiro atoms. The van der Waals surface area contributed by atoms with Crippen molar-refractivity contribution in [2.45, 2.75) is 6.04 Å². The van der Waals surface area contributed by atoms with Gasteiger partial charge in [-0.1, -0.05) is 54.6 Å². The minimum atomic E-state index is -1.22. The normalized spacial score (nSPS) is 17.6. The summed E-state index contributed by atoms with van der Waals surface area (Å²) in [5, 5.41) is 13.0. The molecule has 1 aliphatic heterocycles. The van der Waals surface area contributed by atoms with Crippen LogP contribution >= 0.6 is 0 Å². The first-order valence-corrected chi connectivity index (χ1v) is 10.3. The van der Waals surface area contributed by atoms with Crippen LogP contribution in [0.15, 0.2) is 96.6 Å². The number of halogens is 2. The Morgan fingerprint density at radius 3 is 2.18 bits per heavy atom. The van der Waals surface area contributed by atoms with Gasteiger partial charge in [0.1, 0.15) is 17.4 Å². The van der Waals surface area contributed by atoms with Crippen LogP contribution in [0.5, 0.6) is 0 Å². The molecule has 33 heavy (non-hydrogen) atoms. The second kappa shape index (κ2) is 7.98. The molecule has 1 fully saturated rings. The fourth-order valence-electron chi connectivity index (χ4n) is 4.18. The number of ketones is 1. The second-order valence-electron chi connectivity index (χ2n) is 7.73. The number of aliphatic hydroxyl groups excluding tert-OH is 1. The number of amides is 1. The maximum atomic E-state index is 14.9. The van der Waals surface area contributed by atoms with E-state index in [-0.39, 0.29) is 16.8 Å². The molecule has 1 saturated heterocycles. The molecule has 4 aromatic carbocycles. The van der Waals surface area contributed by atoms with E-state index in [4.69, 9.17) is 0 Å². The predicted molar refractivity (Wildman–Crippen MR) is 122 cm³/mol. The predicted octanol–water partition coefficient (Wildman–Crippen LogP) is 5.74. The molecule has 1 unspecified atom stereocenters. The van der Waals surface area contributed by atoms with Crippen LogP contribution in [-0.4, -0.2) is 16.8 Å². The Hall–Kier alpha value is -4.32. The quantitative estimate of drug-likeness (QED) is 0.250. The fourth-order valence-corrected chi connectivity index (χ4v) is 4.18. The molecule has 6 heteroatoms. The van der Waals surface area contributed by atoms with Gasteiger partial charge in [0.05, 0.1) is 11.6 Å². The summed E-state index contributed by atoms with van der Waals surface area (Å²) in [6.07, 6.45) is 0. The van der Waals surface area contributed by atoms with Crippen LogP contribution in [0.25, 0.3) is 16.5 Å². The number of benzene rings is 4. The van der Waals surface area contributed by atoms with Crippen LogP contribution in [0.2, 0.25) is 0 Å². The summed E-state index contributed by atoms with van der Waals surface area (Å²) in [5.41, 5.74) is 0.351. The monoisotopic (exact) mass is 441 g/mol. The van der Waals surface area contributed by atoms with Gasteiger partial charge in [-0.05, 0) is 47.2 Å². The molecule has 0 bridgehead atoms. The smallest absolute Gasteiger partial charge is 0.300 e. The van der Waals surface area contributed by atoms with E-state index in [2.05, 4.69) is 0 Å². The highest BCUT2D eigenvalue weighted by Gasteiger charge is 2.47. The minimum Gasteiger partial charge on any atom is -0.507 e. The van der Waals surface area contributed by atoms with Crippen LogP contribution in [-0.2, 0) is 9.59 Å². The molecule has 1 atom stereocenters. The molecular formula is C27H17F2NO3. The van der Waals surface area contributed by atoms with Crippen molar-refractivity contribution in [2.75, 3.05) is 4.90 Å². The fraction of sp³-hybridized carbons (Fsp3) is 0.0370. The van der Waals surface area contributed by atoms with E-state index in [1.165, 1.54) is 30.3 Å². The number of carbonyl (C=O) groups is 2. The van der Waals surface area contributed by atoms with E-state index in [9.17, 15) is 23.5 Å². The molecule has 1 aliphatic rings. The Morgan fingerprint density at radius 2 is 1.45 bits per heavy atom. The summed E-state index contributed by atoms with van der Waals surface area (Å²) in [6, 6.07) is 22.1. The van der Waals surface area contributed by atoms with Crippen molar-refractivity contribution in [3.05, 3.63) is 119 Å². The van der Waals surface area contributed by atoms with Crippen LogP contribution < -0.4 is 4.90 Å². The third-order valence-electron chi connectivity index (χ3n) is 5.77. The maximum Gasteiger partial charge on any atom is 0.300 e. The lowest BCUT2D eigenvalue weighted by atomic mass is 9.94. The zero-order valence-electron chi connectivity index (χ0n) is 17.2. The Kier molecular flexibility index (Phi) is 4.98. The van der Waals surface area contributed by atoms with Crippen molar-refractivity contribution >= 4 is 33.9 Å². The SMILES string of the molecule is O=C1C(=O)N(c2ccc(F)cc2)C(c2ccccc2F)/C1=C(\O)c1ccc2ccccc2c1. The van der Waals surface area contributed by atoms with Crippen molar-refractivity contribution in [3.63, 3.8) is 0 Å². The van der Waals surface area contributed by atoms with Gasteiger partial charge in [0.2, 0.25) is 0 Å². The first-order valence-electron chi connectivity index (χ1n) is 10.3. The number of hydrogen-bond acceptors (Lipinski definition) is 3. The Balaban J connectivity index is 1.74. The summed E-state index contributed by atoms with van der Waals surface area (Å²) in [6.45, 7) is 0. The highest BCUT2D eigenvalue weighted by Crippen LogP contribution is 2.43. The molecular weight excluding hydrogens is 424 g/mol. The summed E-state index contributed by atoms with van der Waals surface area (Å²) in [7, 11) is 0. The molecule has 0 aliphatic carbocycles. The lowest BCUT2D eigenvalue weighted by molar-refractivity contribution is -0.132. The van der Waals surface area contributed by atoms with Gasteiger partial charge in [-0.2, -0.15) is 0 Å². The molecule has 1 amide bonds. The second-order valence-corrected chi connectivity index (χ2v) is 7.73. The third-order valence-corrected chi connectivity index (χ3v) is 5.77. The van der Waals surface area contributed by atoms with E-state index >= 15 is 0 Å². The van der Waals surface area contributed by atoms with E-state index in [1.54, 1.807) is 24.3 Å². The Labute approximate surface area is 188 Å². The lowest BCUT2D eigenvalue weighted by Gasteiger charge is -2.25. The van der Waals surface area contributed by atoms with Gasteiger partial charge in [-0.3, -0.25) is 14.5 Å². The van der Waals surface area contributed by atoms with E-state index in [1.807, 2.05) is 24.3 Å². The summed E-state index contributed by atoms with van der Waals surface area (Å²) >= 11 is 0.